The number of nitrogens with zero attached hydrogens (tertiary/aromatic N) is 2. The number of hydrogen-bond donors (Lipinski definition) is 0. The number of esters is 1. The lowest BCUT2D eigenvalue weighted by Crippen LogP contribution is -2.32. The molecular weight excluding hydrogens is 480 g/mol. The summed E-state index contributed by atoms with van der Waals surface area (Å²) < 4.78 is 21.2. The number of amides is 2. The summed E-state index contributed by atoms with van der Waals surface area (Å²) in [5.74, 6) is -0.680. The fraction of sp³-hybridized carbons (Fsp3) is 0.261. The van der Waals surface area contributed by atoms with Gasteiger partial charge in [-0.15, -0.1) is 0 Å². The molecule has 184 valence electrons. The van der Waals surface area contributed by atoms with Crippen LogP contribution in [0.25, 0.3) is 6.08 Å². The maximum Gasteiger partial charge on any atom is 0.322 e. The molecule has 0 bridgehead atoms. The molecule has 0 spiro atoms. The largest absolute Gasteiger partial charge is 0.493 e. The van der Waals surface area contributed by atoms with Crippen molar-refractivity contribution in [2.75, 3.05) is 26.9 Å². The van der Waals surface area contributed by atoms with E-state index in [4.69, 9.17) is 18.9 Å². The van der Waals surface area contributed by atoms with Crippen molar-refractivity contribution >= 4 is 40.6 Å². The predicted octanol–water partition coefficient (Wildman–Crippen LogP) is 4.04. The van der Waals surface area contributed by atoms with Gasteiger partial charge >= 0.3 is 11.7 Å². The van der Waals surface area contributed by atoms with Crippen molar-refractivity contribution in [1.29, 1.82) is 0 Å². The number of nitro groups is 1. The number of carbonyl (C=O) groups excluding carboxylic acids is 3. The zero-order valence-corrected chi connectivity index (χ0v) is 20.0. The predicted molar refractivity (Wildman–Crippen MR) is 127 cm³/mol. The van der Waals surface area contributed by atoms with Gasteiger partial charge in [0.05, 0.1) is 35.7 Å². The normalized spacial score (nSPS) is 14.3. The first-order valence-corrected chi connectivity index (χ1v) is 11.2. The second-order valence-electron chi connectivity index (χ2n) is 6.95. The van der Waals surface area contributed by atoms with Gasteiger partial charge in [0.15, 0.2) is 17.2 Å². The van der Waals surface area contributed by atoms with Crippen LogP contribution in [0.5, 0.6) is 23.0 Å². The Morgan fingerprint density at radius 1 is 1.11 bits per heavy atom. The number of ether oxygens (including phenoxy) is 4. The van der Waals surface area contributed by atoms with E-state index in [1.807, 2.05) is 0 Å². The van der Waals surface area contributed by atoms with Crippen molar-refractivity contribution in [3.63, 3.8) is 0 Å². The number of hydrogen-bond acceptors (Lipinski definition) is 10. The highest BCUT2D eigenvalue weighted by Gasteiger charge is 2.36. The fourth-order valence-corrected chi connectivity index (χ4v) is 4.07. The molecule has 1 heterocycles. The van der Waals surface area contributed by atoms with Gasteiger partial charge < -0.3 is 18.9 Å². The van der Waals surface area contributed by atoms with E-state index in [-0.39, 0.29) is 41.7 Å². The van der Waals surface area contributed by atoms with Crippen LogP contribution >= 0.6 is 11.8 Å². The molecule has 11 nitrogen and oxygen atoms in total. The van der Waals surface area contributed by atoms with Gasteiger partial charge in [0, 0.05) is 6.92 Å². The molecule has 0 N–H and O–H groups in total. The van der Waals surface area contributed by atoms with Crippen LogP contribution in [-0.2, 0) is 9.59 Å². The van der Waals surface area contributed by atoms with Gasteiger partial charge in [-0.2, -0.15) is 0 Å². The van der Waals surface area contributed by atoms with Crippen molar-refractivity contribution < 1.29 is 38.3 Å². The standard InChI is InChI=1S/C23H22N2O9S/c1-4-32-21-18(34-14(2)26)10-9-15(20(21)25(29)30)13-19-22(27)24(23(28)35-19)11-12-33-17-8-6-5-7-16(17)31-3/h5-10,13H,4,11-12H2,1-3H3/b19-13-. The van der Waals surface area contributed by atoms with Crippen LogP contribution < -0.4 is 18.9 Å². The third-order valence-electron chi connectivity index (χ3n) is 4.65. The van der Waals surface area contributed by atoms with E-state index >= 15 is 0 Å². The Labute approximate surface area is 204 Å². The molecule has 1 fully saturated rings. The van der Waals surface area contributed by atoms with Crippen LogP contribution in [0.15, 0.2) is 41.3 Å². The second kappa shape index (κ2) is 11.4. The molecule has 0 unspecified atom stereocenters. The average Bonchev–Trinajstić information content (AvgIpc) is 3.08. The van der Waals surface area contributed by atoms with Crippen LogP contribution in [0.3, 0.4) is 0 Å². The number of rotatable bonds is 10. The molecule has 2 aromatic rings. The Balaban J connectivity index is 1.83. The average molecular weight is 503 g/mol. The third-order valence-corrected chi connectivity index (χ3v) is 5.56. The zero-order chi connectivity index (χ0) is 25.5. The molecular formula is C23H22N2O9S. The van der Waals surface area contributed by atoms with Gasteiger partial charge in [0.1, 0.15) is 6.61 Å². The lowest BCUT2D eigenvalue weighted by Gasteiger charge is -2.14. The van der Waals surface area contributed by atoms with Gasteiger partial charge in [-0.1, -0.05) is 12.1 Å². The molecule has 0 atom stereocenters. The van der Waals surface area contributed by atoms with Gasteiger partial charge in [-0.05, 0) is 49.0 Å². The molecule has 0 aliphatic carbocycles. The maximum absolute atomic E-state index is 12.9. The van der Waals surface area contributed by atoms with Crippen LogP contribution in [0.1, 0.15) is 19.4 Å². The number of para-hydroxylation sites is 2. The summed E-state index contributed by atoms with van der Waals surface area (Å²) >= 11 is 0.655. The van der Waals surface area contributed by atoms with E-state index in [1.54, 1.807) is 31.2 Å². The van der Waals surface area contributed by atoms with E-state index in [9.17, 15) is 24.5 Å². The Bertz CT molecular complexity index is 1200. The van der Waals surface area contributed by atoms with Crippen LogP contribution in [0, 0.1) is 10.1 Å². The monoisotopic (exact) mass is 502 g/mol. The highest BCUT2D eigenvalue weighted by Crippen LogP contribution is 2.42. The highest BCUT2D eigenvalue weighted by atomic mass is 32.2. The van der Waals surface area contributed by atoms with Gasteiger partial charge in [-0.3, -0.25) is 29.4 Å². The van der Waals surface area contributed by atoms with Gasteiger partial charge in [0.25, 0.3) is 11.1 Å². The van der Waals surface area contributed by atoms with E-state index in [2.05, 4.69) is 0 Å². The molecule has 12 heteroatoms. The Kier molecular flexibility index (Phi) is 8.31. The Morgan fingerprint density at radius 2 is 1.83 bits per heavy atom. The lowest BCUT2D eigenvalue weighted by atomic mass is 10.1. The number of benzene rings is 2. The molecule has 3 rings (SSSR count). The Morgan fingerprint density at radius 3 is 2.46 bits per heavy atom. The summed E-state index contributed by atoms with van der Waals surface area (Å²) in [7, 11) is 1.50. The van der Waals surface area contributed by atoms with Crippen molar-refractivity contribution in [3.8, 4) is 23.0 Å². The summed E-state index contributed by atoms with van der Waals surface area (Å²) in [5.41, 5.74) is -0.470. The van der Waals surface area contributed by atoms with E-state index in [1.165, 1.54) is 25.3 Å². The highest BCUT2D eigenvalue weighted by molar-refractivity contribution is 8.18. The smallest absolute Gasteiger partial charge is 0.322 e. The molecule has 1 aliphatic heterocycles. The number of methoxy groups -OCH3 is 1. The molecule has 35 heavy (non-hydrogen) atoms. The minimum atomic E-state index is -0.699. The summed E-state index contributed by atoms with van der Waals surface area (Å²) in [6.07, 6.45) is 1.24. The fourth-order valence-electron chi connectivity index (χ4n) is 3.21. The molecule has 2 aromatic carbocycles. The second-order valence-corrected chi connectivity index (χ2v) is 7.94. The first-order chi connectivity index (χ1) is 16.8. The molecule has 1 saturated heterocycles. The number of imide groups is 1. The lowest BCUT2D eigenvalue weighted by molar-refractivity contribution is -0.386. The van der Waals surface area contributed by atoms with Crippen molar-refractivity contribution in [2.24, 2.45) is 0 Å². The first-order valence-electron chi connectivity index (χ1n) is 10.4. The molecule has 2 amide bonds. The number of carbonyl (C=O) groups is 3. The van der Waals surface area contributed by atoms with Crippen molar-refractivity contribution in [2.45, 2.75) is 13.8 Å². The topological polar surface area (TPSA) is 135 Å². The molecule has 0 radical (unpaired) electrons. The van der Waals surface area contributed by atoms with E-state index in [0.29, 0.717) is 23.3 Å². The van der Waals surface area contributed by atoms with E-state index in [0.717, 1.165) is 11.8 Å². The summed E-state index contributed by atoms with van der Waals surface area (Å²) in [6, 6.07) is 9.60. The third kappa shape index (κ3) is 5.90. The minimum Gasteiger partial charge on any atom is -0.493 e. The number of thioether (sulfide) groups is 1. The zero-order valence-electron chi connectivity index (χ0n) is 19.1. The molecule has 1 aliphatic rings. The number of nitro benzene ring substituents is 1. The summed E-state index contributed by atoms with van der Waals surface area (Å²) in [4.78, 5) is 48.8. The molecule has 0 aromatic heterocycles. The SMILES string of the molecule is CCOc1c(OC(C)=O)ccc(/C=C2\SC(=O)N(CCOc3ccccc3OC)C2=O)c1[N+](=O)[O-]. The van der Waals surface area contributed by atoms with Crippen LogP contribution in [0.4, 0.5) is 10.5 Å². The van der Waals surface area contributed by atoms with Gasteiger partial charge in [0.2, 0.25) is 5.75 Å². The first kappa shape index (κ1) is 25.6. The summed E-state index contributed by atoms with van der Waals surface area (Å²) in [5, 5.41) is 11.3. The van der Waals surface area contributed by atoms with Crippen molar-refractivity contribution in [3.05, 3.63) is 57.0 Å². The van der Waals surface area contributed by atoms with Crippen LogP contribution in [-0.4, -0.2) is 53.8 Å². The van der Waals surface area contributed by atoms with Crippen LogP contribution in [0.2, 0.25) is 0 Å². The minimum absolute atomic E-state index is 0.00178. The molecule has 0 saturated carbocycles. The Hall–Kier alpha value is -4.06. The maximum atomic E-state index is 12.9. The van der Waals surface area contributed by atoms with Crippen molar-refractivity contribution in [1.82, 2.24) is 4.90 Å². The van der Waals surface area contributed by atoms with E-state index < -0.39 is 27.7 Å². The summed E-state index contributed by atoms with van der Waals surface area (Å²) in [6.45, 7) is 2.84. The van der Waals surface area contributed by atoms with Gasteiger partial charge in [-0.25, -0.2) is 0 Å². The quantitative estimate of drug-likeness (QED) is 0.154.